The van der Waals surface area contributed by atoms with E-state index in [-0.39, 0.29) is 6.04 Å². The Labute approximate surface area is 119 Å². The summed E-state index contributed by atoms with van der Waals surface area (Å²) in [7, 11) is 0. The predicted octanol–water partition coefficient (Wildman–Crippen LogP) is 4.52. The molecule has 1 aromatic heterocycles. The average molecular weight is 265 g/mol. The van der Waals surface area contributed by atoms with E-state index in [9.17, 15) is 0 Å². The van der Waals surface area contributed by atoms with Crippen LogP contribution in [-0.2, 0) is 0 Å². The fourth-order valence-electron chi connectivity index (χ4n) is 2.61. The molecule has 0 bridgehead atoms. The summed E-state index contributed by atoms with van der Waals surface area (Å²) in [6.45, 7) is 3.14. The largest absolute Gasteiger partial charge is 0.467 e. The highest BCUT2D eigenvalue weighted by molar-refractivity contribution is 5.86. The SMILES string of the molecule is CCCNC(c1ccco1)c1cccc2ccccc12. The second-order valence-electron chi connectivity index (χ2n) is 4.97. The molecule has 2 aromatic carbocycles. The van der Waals surface area contributed by atoms with Gasteiger partial charge in [-0.05, 0) is 41.4 Å². The summed E-state index contributed by atoms with van der Waals surface area (Å²) in [6.07, 6.45) is 2.84. The third kappa shape index (κ3) is 2.47. The van der Waals surface area contributed by atoms with Crippen molar-refractivity contribution in [3.05, 3.63) is 72.2 Å². The number of hydrogen-bond acceptors (Lipinski definition) is 2. The lowest BCUT2D eigenvalue weighted by Gasteiger charge is -2.18. The first-order valence-corrected chi connectivity index (χ1v) is 7.14. The van der Waals surface area contributed by atoms with Gasteiger partial charge in [0.2, 0.25) is 0 Å². The molecule has 1 unspecified atom stereocenters. The summed E-state index contributed by atoms with van der Waals surface area (Å²) in [5.74, 6) is 0.967. The maximum absolute atomic E-state index is 5.63. The molecule has 3 rings (SSSR count). The Hall–Kier alpha value is -2.06. The van der Waals surface area contributed by atoms with Crippen LogP contribution < -0.4 is 5.32 Å². The van der Waals surface area contributed by atoms with Gasteiger partial charge < -0.3 is 9.73 Å². The van der Waals surface area contributed by atoms with Crippen LogP contribution in [0, 0.1) is 0 Å². The molecule has 0 spiro atoms. The molecule has 20 heavy (non-hydrogen) atoms. The first-order valence-electron chi connectivity index (χ1n) is 7.14. The minimum Gasteiger partial charge on any atom is -0.467 e. The van der Waals surface area contributed by atoms with Gasteiger partial charge in [-0.1, -0.05) is 49.4 Å². The summed E-state index contributed by atoms with van der Waals surface area (Å²) in [5, 5.41) is 6.13. The Balaban J connectivity index is 2.09. The summed E-state index contributed by atoms with van der Waals surface area (Å²) in [4.78, 5) is 0. The lowest BCUT2D eigenvalue weighted by molar-refractivity contribution is 0.448. The van der Waals surface area contributed by atoms with Crippen LogP contribution in [0.2, 0.25) is 0 Å². The number of benzene rings is 2. The van der Waals surface area contributed by atoms with Crippen LogP contribution in [0.15, 0.2) is 65.3 Å². The predicted molar refractivity (Wildman–Crippen MR) is 82.8 cm³/mol. The van der Waals surface area contributed by atoms with Crippen molar-refractivity contribution in [1.82, 2.24) is 5.32 Å². The van der Waals surface area contributed by atoms with E-state index in [4.69, 9.17) is 4.42 Å². The van der Waals surface area contributed by atoms with Crippen LogP contribution in [0.4, 0.5) is 0 Å². The van der Waals surface area contributed by atoms with Crippen LogP contribution in [0.5, 0.6) is 0 Å². The molecule has 0 aliphatic rings. The molecular weight excluding hydrogens is 246 g/mol. The maximum atomic E-state index is 5.63. The summed E-state index contributed by atoms with van der Waals surface area (Å²) < 4.78 is 5.63. The van der Waals surface area contributed by atoms with Crippen LogP contribution in [0.3, 0.4) is 0 Å². The molecular formula is C18H19NO. The van der Waals surface area contributed by atoms with Crippen LogP contribution in [0.1, 0.15) is 30.7 Å². The van der Waals surface area contributed by atoms with Crippen molar-refractivity contribution in [2.75, 3.05) is 6.54 Å². The van der Waals surface area contributed by atoms with E-state index in [1.165, 1.54) is 16.3 Å². The number of fused-ring (bicyclic) bond motifs is 1. The molecule has 0 aliphatic carbocycles. The molecule has 0 aliphatic heterocycles. The fraction of sp³-hybridized carbons (Fsp3) is 0.222. The lowest BCUT2D eigenvalue weighted by atomic mass is 9.97. The van der Waals surface area contributed by atoms with Gasteiger partial charge >= 0.3 is 0 Å². The smallest absolute Gasteiger partial charge is 0.125 e. The van der Waals surface area contributed by atoms with Crippen molar-refractivity contribution in [3.8, 4) is 0 Å². The second-order valence-corrected chi connectivity index (χ2v) is 4.97. The minimum atomic E-state index is 0.107. The molecule has 0 fully saturated rings. The quantitative estimate of drug-likeness (QED) is 0.733. The highest BCUT2D eigenvalue weighted by Gasteiger charge is 2.17. The number of hydrogen-bond donors (Lipinski definition) is 1. The molecule has 0 saturated heterocycles. The zero-order chi connectivity index (χ0) is 13.8. The van der Waals surface area contributed by atoms with E-state index < -0.39 is 0 Å². The van der Waals surface area contributed by atoms with Crippen molar-refractivity contribution in [2.24, 2.45) is 0 Å². The van der Waals surface area contributed by atoms with Gasteiger partial charge in [0.1, 0.15) is 5.76 Å². The second kappa shape index (κ2) is 5.93. The van der Waals surface area contributed by atoms with Gasteiger partial charge in [0, 0.05) is 0 Å². The molecule has 1 heterocycles. The van der Waals surface area contributed by atoms with Crippen molar-refractivity contribution in [1.29, 1.82) is 0 Å². The highest BCUT2D eigenvalue weighted by atomic mass is 16.3. The van der Waals surface area contributed by atoms with Crippen molar-refractivity contribution >= 4 is 10.8 Å². The third-order valence-corrected chi connectivity index (χ3v) is 3.56. The van der Waals surface area contributed by atoms with E-state index in [0.29, 0.717) is 0 Å². The van der Waals surface area contributed by atoms with E-state index in [1.54, 1.807) is 6.26 Å². The summed E-state index contributed by atoms with van der Waals surface area (Å²) >= 11 is 0. The maximum Gasteiger partial charge on any atom is 0.125 e. The standard InChI is InChI=1S/C18H19NO/c1-2-12-19-18(17-11-6-13-20-17)16-10-5-8-14-7-3-4-9-15(14)16/h3-11,13,18-19H,2,12H2,1H3. The Morgan fingerprint density at radius 2 is 1.85 bits per heavy atom. The number of furan rings is 1. The van der Waals surface area contributed by atoms with E-state index in [2.05, 4.69) is 54.7 Å². The van der Waals surface area contributed by atoms with E-state index >= 15 is 0 Å². The molecule has 1 N–H and O–H groups in total. The van der Waals surface area contributed by atoms with Gasteiger partial charge in [-0.3, -0.25) is 0 Å². The summed E-state index contributed by atoms with van der Waals surface area (Å²) in [5.41, 5.74) is 1.27. The molecule has 102 valence electrons. The first kappa shape index (κ1) is 12.9. The van der Waals surface area contributed by atoms with E-state index in [1.807, 2.05) is 12.1 Å². The zero-order valence-electron chi connectivity index (χ0n) is 11.7. The topological polar surface area (TPSA) is 25.2 Å². The van der Waals surface area contributed by atoms with Crippen molar-refractivity contribution in [3.63, 3.8) is 0 Å². The van der Waals surface area contributed by atoms with Gasteiger partial charge in [-0.15, -0.1) is 0 Å². The third-order valence-electron chi connectivity index (χ3n) is 3.56. The van der Waals surface area contributed by atoms with Crippen molar-refractivity contribution in [2.45, 2.75) is 19.4 Å². The van der Waals surface area contributed by atoms with Crippen molar-refractivity contribution < 1.29 is 4.42 Å². The normalized spacial score (nSPS) is 12.7. The Morgan fingerprint density at radius 1 is 1.00 bits per heavy atom. The van der Waals surface area contributed by atoms with Crippen LogP contribution in [-0.4, -0.2) is 6.54 Å². The molecule has 0 saturated carbocycles. The molecule has 3 aromatic rings. The lowest BCUT2D eigenvalue weighted by Crippen LogP contribution is -2.23. The fourth-order valence-corrected chi connectivity index (χ4v) is 2.61. The average Bonchev–Trinajstić information content (AvgIpc) is 3.02. The van der Waals surface area contributed by atoms with Gasteiger partial charge in [0.05, 0.1) is 12.3 Å². The Bertz CT molecular complexity index is 667. The van der Waals surface area contributed by atoms with Gasteiger partial charge in [-0.25, -0.2) is 0 Å². The molecule has 2 heteroatoms. The molecule has 2 nitrogen and oxygen atoms in total. The summed E-state index contributed by atoms with van der Waals surface area (Å²) in [6, 6.07) is 19.0. The van der Waals surface area contributed by atoms with Crippen LogP contribution in [0.25, 0.3) is 10.8 Å². The Kier molecular flexibility index (Phi) is 3.84. The zero-order valence-corrected chi connectivity index (χ0v) is 11.7. The molecule has 0 radical (unpaired) electrons. The highest BCUT2D eigenvalue weighted by Crippen LogP contribution is 2.29. The van der Waals surface area contributed by atoms with Gasteiger partial charge in [0.25, 0.3) is 0 Å². The number of nitrogens with one attached hydrogen (secondary N) is 1. The van der Waals surface area contributed by atoms with Gasteiger partial charge in [-0.2, -0.15) is 0 Å². The Morgan fingerprint density at radius 3 is 2.65 bits per heavy atom. The monoisotopic (exact) mass is 265 g/mol. The van der Waals surface area contributed by atoms with Gasteiger partial charge in [0.15, 0.2) is 0 Å². The molecule has 0 amide bonds. The molecule has 1 atom stereocenters. The minimum absolute atomic E-state index is 0.107. The first-order chi connectivity index (χ1) is 9.90. The van der Waals surface area contributed by atoms with E-state index in [0.717, 1.165) is 18.7 Å². The van der Waals surface area contributed by atoms with Crippen LogP contribution >= 0.6 is 0 Å². The number of rotatable bonds is 5.